The molecule has 0 aliphatic carbocycles. The van der Waals surface area contributed by atoms with Crippen molar-refractivity contribution in [3.8, 4) is 5.69 Å². The van der Waals surface area contributed by atoms with E-state index in [2.05, 4.69) is 4.98 Å². The number of carbonyl (C=O) groups is 1. The van der Waals surface area contributed by atoms with Crippen LogP contribution in [0.3, 0.4) is 0 Å². The molecular weight excluding hydrogens is 393 g/mol. The van der Waals surface area contributed by atoms with Crippen molar-refractivity contribution in [1.82, 2.24) is 14.5 Å². The maximum Gasteiger partial charge on any atom is 0.266 e. The monoisotopic (exact) mass is 407 g/mol. The summed E-state index contributed by atoms with van der Waals surface area (Å²) in [6.07, 6.45) is 0. The van der Waals surface area contributed by atoms with Crippen LogP contribution in [0.25, 0.3) is 16.6 Å². The highest BCUT2D eigenvalue weighted by molar-refractivity contribution is 7.99. The highest BCUT2D eigenvalue weighted by Gasteiger charge is 2.16. The van der Waals surface area contributed by atoms with Crippen molar-refractivity contribution in [1.29, 1.82) is 0 Å². The largest absolute Gasteiger partial charge is 0.348 e. The molecule has 0 aliphatic heterocycles. The maximum atomic E-state index is 13.1. The number of rotatable bonds is 4. The fraction of sp³-hybridized carbons (Fsp3) is 0.167. The summed E-state index contributed by atoms with van der Waals surface area (Å²) >= 11 is 13.3. The molecule has 1 amide bonds. The average Bonchev–Trinajstić information content (AvgIpc) is 2.59. The Bertz CT molecular complexity index is 1050. The molecule has 0 saturated heterocycles. The van der Waals surface area contributed by atoms with E-state index < -0.39 is 0 Å². The molecule has 8 heteroatoms. The Morgan fingerprint density at radius 1 is 1.15 bits per heavy atom. The number of halogens is 2. The minimum Gasteiger partial charge on any atom is -0.348 e. The van der Waals surface area contributed by atoms with Gasteiger partial charge in [-0.1, -0.05) is 41.0 Å². The predicted molar refractivity (Wildman–Crippen MR) is 107 cm³/mol. The Morgan fingerprint density at radius 3 is 2.58 bits per heavy atom. The molecule has 3 aromatic rings. The quantitative estimate of drug-likeness (QED) is 0.486. The molecule has 0 unspecified atom stereocenters. The highest BCUT2D eigenvalue weighted by atomic mass is 35.5. The Balaban J connectivity index is 2.20. The zero-order valence-electron chi connectivity index (χ0n) is 14.1. The second-order valence-electron chi connectivity index (χ2n) is 5.75. The van der Waals surface area contributed by atoms with Crippen molar-refractivity contribution >= 4 is 51.8 Å². The van der Waals surface area contributed by atoms with E-state index in [0.29, 0.717) is 31.8 Å². The number of hydrogen-bond donors (Lipinski definition) is 0. The standard InChI is InChI=1S/C18H15Cl2N3O2S/c1-22(2)16(24)10-26-18-21-15-9-12(20)6-7-14(15)17(25)23(18)13-5-3-4-11(19)8-13/h3-9H,10H2,1-2H3. The molecule has 1 aromatic heterocycles. The van der Waals surface area contributed by atoms with Crippen LogP contribution in [0.5, 0.6) is 0 Å². The van der Waals surface area contributed by atoms with Crippen molar-refractivity contribution in [3.05, 3.63) is 62.9 Å². The molecule has 26 heavy (non-hydrogen) atoms. The number of nitrogens with zero attached hydrogens (tertiary/aromatic N) is 3. The van der Waals surface area contributed by atoms with Crippen LogP contribution in [-0.4, -0.2) is 40.2 Å². The number of thioether (sulfide) groups is 1. The summed E-state index contributed by atoms with van der Waals surface area (Å²) < 4.78 is 1.47. The maximum absolute atomic E-state index is 13.1. The lowest BCUT2D eigenvalue weighted by Crippen LogP contribution is -2.25. The van der Waals surface area contributed by atoms with Gasteiger partial charge < -0.3 is 4.90 Å². The van der Waals surface area contributed by atoms with Crippen LogP contribution >= 0.6 is 35.0 Å². The topological polar surface area (TPSA) is 55.2 Å². The fourth-order valence-electron chi connectivity index (χ4n) is 2.33. The fourth-order valence-corrected chi connectivity index (χ4v) is 3.68. The van der Waals surface area contributed by atoms with Crippen LogP contribution in [0.1, 0.15) is 0 Å². The minimum atomic E-state index is -0.242. The third-order valence-electron chi connectivity index (χ3n) is 3.69. The summed E-state index contributed by atoms with van der Waals surface area (Å²) in [5, 5.41) is 1.84. The van der Waals surface area contributed by atoms with Crippen molar-refractivity contribution in [3.63, 3.8) is 0 Å². The summed E-state index contributed by atoms with van der Waals surface area (Å²) in [4.78, 5) is 31.1. The van der Waals surface area contributed by atoms with Gasteiger partial charge in [0.2, 0.25) is 5.91 Å². The Morgan fingerprint density at radius 2 is 1.88 bits per heavy atom. The molecule has 134 valence electrons. The van der Waals surface area contributed by atoms with E-state index in [-0.39, 0.29) is 17.2 Å². The zero-order valence-corrected chi connectivity index (χ0v) is 16.4. The lowest BCUT2D eigenvalue weighted by atomic mass is 10.2. The number of carbonyl (C=O) groups excluding carboxylic acids is 1. The van der Waals surface area contributed by atoms with Gasteiger partial charge in [-0.3, -0.25) is 14.2 Å². The van der Waals surface area contributed by atoms with Crippen molar-refractivity contribution in [2.75, 3.05) is 19.8 Å². The van der Waals surface area contributed by atoms with Gasteiger partial charge in [0.05, 0.1) is 22.3 Å². The molecule has 0 N–H and O–H groups in total. The SMILES string of the molecule is CN(C)C(=O)CSc1nc2cc(Cl)ccc2c(=O)n1-c1cccc(Cl)c1. The van der Waals surface area contributed by atoms with Gasteiger partial charge in [0.25, 0.3) is 5.56 Å². The van der Waals surface area contributed by atoms with Crippen molar-refractivity contribution in [2.45, 2.75) is 5.16 Å². The molecule has 5 nitrogen and oxygen atoms in total. The molecule has 0 fully saturated rings. The first-order chi connectivity index (χ1) is 12.4. The van der Waals surface area contributed by atoms with E-state index in [1.54, 1.807) is 56.6 Å². The summed E-state index contributed by atoms with van der Waals surface area (Å²) in [6.45, 7) is 0. The summed E-state index contributed by atoms with van der Waals surface area (Å²) in [5.74, 6) is 0.0830. The van der Waals surface area contributed by atoms with Crippen molar-refractivity contribution in [2.24, 2.45) is 0 Å². The van der Waals surface area contributed by atoms with Gasteiger partial charge in [0.15, 0.2) is 5.16 Å². The van der Waals surface area contributed by atoms with Crippen LogP contribution in [0.4, 0.5) is 0 Å². The first kappa shape index (κ1) is 18.8. The summed E-state index contributed by atoms with van der Waals surface area (Å²) in [7, 11) is 3.36. The molecule has 0 atom stereocenters. The van der Waals surface area contributed by atoms with Gasteiger partial charge in [-0.25, -0.2) is 4.98 Å². The first-order valence-corrected chi connectivity index (χ1v) is 9.42. The Labute approximate surface area is 164 Å². The number of aromatic nitrogens is 2. The van der Waals surface area contributed by atoms with Crippen LogP contribution in [-0.2, 0) is 4.79 Å². The number of benzene rings is 2. The molecule has 0 saturated carbocycles. The smallest absolute Gasteiger partial charge is 0.266 e. The second-order valence-corrected chi connectivity index (χ2v) is 7.57. The molecule has 0 radical (unpaired) electrons. The van der Waals surface area contributed by atoms with E-state index in [1.807, 2.05) is 0 Å². The molecule has 0 bridgehead atoms. The molecule has 2 aromatic carbocycles. The van der Waals surface area contributed by atoms with E-state index in [4.69, 9.17) is 23.2 Å². The normalized spacial score (nSPS) is 10.9. The van der Waals surface area contributed by atoms with Crippen LogP contribution in [0.15, 0.2) is 52.4 Å². The van der Waals surface area contributed by atoms with Crippen LogP contribution in [0.2, 0.25) is 10.0 Å². The molecule has 0 spiro atoms. The summed E-state index contributed by atoms with van der Waals surface area (Å²) in [6, 6.07) is 11.9. The zero-order chi connectivity index (χ0) is 18.8. The third kappa shape index (κ3) is 3.87. The first-order valence-electron chi connectivity index (χ1n) is 7.68. The molecular formula is C18H15Cl2N3O2S. The number of hydrogen-bond acceptors (Lipinski definition) is 4. The molecule has 1 heterocycles. The van der Waals surface area contributed by atoms with E-state index >= 15 is 0 Å². The lowest BCUT2D eigenvalue weighted by molar-refractivity contribution is -0.125. The third-order valence-corrected chi connectivity index (χ3v) is 5.08. The van der Waals surface area contributed by atoms with Gasteiger partial charge in [-0.2, -0.15) is 0 Å². The Hall–Kier alpha value is -2.02. The predicted octanol–water partition coefficient (Wildman–Crippen LogP) is 3.87. The summed E-state index contributed by atoms with van der Waals surface area (Å²) in [5.41, 5.74) is 0.834. The van der Waals surface area contributed by atoms with E-state index in [1.165, 1.54) is 21.2 Å². The van der Waals surface area contributed by atoms with Gasteiger partial charge in [-0.15, -0.1) is 0 Å². The van der Waals surface area contributed by atoms with E-state index in [0.717, 1.165) is 0 Å². The molecule has 3 rings (SSSR count). The van der Waals surface area contributed by atoms with Gasteiger partial charge >= 0.3 is 0 Å². The number of fused-ring (bicyclic) bond motifs is 1. The van der Waals surface area contributed by atoms with Crippen molar-refractivity contribution < 1.29 is 4.79 Å². The van der Waals surface area contributed by atoms with Gasteiger partial charge in [-0.05, 0) is 36.4 Å². The minimum absolute atomic E-state index is 0.0758. The average molecular weight is 408 g/mol. The van der Waals surface area contributed by atoms with Gasteiger partial charge in [0, 0.05) is 24.1 Å². The highest BCUT2D eigenvalue weighted by Crippen LogP contribution is 2.24. The second kappa shape index (κ2) is 7.70. The molecule has 0 aliphatic rings. The van der Waals surface area contributed by atoms with E-state index in [9.17, 15) is 9.59 Å². The Kier molecular flexibility index (Phi) is 5.55. The van der Waals surface area contributed by atoms with Gasteiger partial charge in [0.1, 0.15) is 0 Å². The van der Waals surface area contributed by atoms with Crippen LogP contribution < -0.4 is 5.56 Å². The van der Waals surface area contributed by atoms with Crippen LogP contribution in [0, 0.1) is 0 Å². The lowest BCUT2D eigenvalue weighted by Gasteiger charge is -2.14. The number of amides is 1.